The van der Waals surface area contributed by atoms with Crippen LogP contribution in [0.1, 0.15) is 15.5 Å². The summed E-state index contributed by atoms with van der Waals surface area (Å²) in [6, 6.07) is 0. The summed E-state index contributed by atoms with van der Waals surface area (Å²) in [6.07, 6.45) is 0. The molecule has 1 aromatic rings. The van der Waals surface area contributed by atoms with Crippen molar-refractivity contribution in [2.75, 3.05) is 13.1 Å². The van der Waals surface area contributed by atoms with Crippen LogP contribution in [0.4, 0.5) is 8.78 Å². The Morgan fingerprint density at radius 1 is 1.73 bits per heavy atom. The molecule has 1 rings (SSSR count). The number of alkyl halides is 2. The number of nitrogens with two attached hydrogens (primary N) is 1. The van der Waals surface area contributed by atoms with Crippen molar-refractivity contribution in [3.63, 3.8) is 0 Å². The molecule has 84 valence electrons. The van der Waals surface area contributed by atoms with Gasteiger partial charge >= 0.3 is 0 Å². The first-order valence-electron chi connectivity index (χ1n) is 4.23. The van der Waals surface area contributed by atoms with Crippen molar-refractivity contribution in [3.8, 4) is 0 Å². The van der Waals surface area contributed by atoms with Gasteiger partial charge in [0.25, 0.3) is 11.8 Å². The van der Waals surface area contributed by atoms with Gasteiger partial charge in [0, 0.05) is 5.38 Å². The van der Waals surface area contributed by atoms with E-state index in [9.17, 15) is 13.6 Å². The Balaban J connectivity index is 2.50. The number of carbonyl (C=O) groups is 1. The van der Waals surface area contributed by atoms with E-state index in [0.717, 1.165) is 0 Å². The molecule has 3 N–H and O–H groups in total. The van der Waals surface area contributed by atoms with Gasteiger partial charge in [-0.2, -0.15) is 0 Å². The quantitative estimate of drug-likeness (QED) is 0.810. The van der Waals surface area contributed by atoms with Crippen LogP contribution in [0.15, 0.2) is 5.38 Å². The van der Waals surface area contributed by atoms with Crippen molar-refractivity contribution in [2.45, 2.75) is 12.8 Å². The molecule has 0 fully saturated rings. The molecule has 15 heavy (non-hydrogen) atoms. The molecule has 4 nitrogen and oxygen atoms in total. The highest BCUT2D eigenvalue weighted by Crippen LogP contribution is 2.10. The lowest BCUT2D eigenvalue weighted by molar-refractivity contribution is 0.0118. The van der Waals surface area contributed by atoms with E-state index < -0.39 is 24.9 Å². The van der Waals surface area contributed by atoms with E-state index in [-0.39, 0.29) is 5.69 Å². The third kappa shape index (κ3) is 3.52. The number of nitrogens with one attached hydrogen (secondary N) is 1. The lowest BCUT2D eigenvalue weighted by atomic mass is 10.3. The van der Waals surface area contributed by atoms with Gasteiger partial charge in [-0.05, 0) is 6.92 Å². The van der Waals surface area contributed by atoms with Gasteiger partial charge in [-0.25, -0.2) is 13.8 Å². The van der Waals surface area contributed by atoms with Crippen LogP contribution in [0.3, 0.4) is 0 Å². The van der Waals surface area contributed by atoms with Crippen molar-refractivity contribution in [1.29, 1.82) is 0 Å². The lowest BCUT2D eigenvalue weighted by Crippen LogP contribution is -2.41. The Bertz CT molecular complexity index is 353. The van der Waals surface area contributed by atoms with E-state index in [0.29, 0.717) is 5.01 Å². The number of hydrogen-bond donors (Lipinski definition) is 2. The molecule has 0 bridgehead atoms. The fraction of sp³-hybridized carbons (Fsp3) is 0.500. The van der Waals surface area contributed by atoms with Crippen LogP contribution in [-0.4, -0.2) is 29.9 Å². The van der Waals surface area contributed by atoms with Crippen LogP contribution >= 0.6 is 11.3 Å². The largest absolute Gasteiger partial charge is 0.345 e. The van der Waals surface area contributed by atoms with Gasteiger partial charge in [0.1, 0.15) is 5.69 Å². The van der Waals surface area contributed by atoms with Crippen molar-refractivity contribution < 1.29 is 13.6 Å². The van der Waals surface area contributed by atoms with E-state index in [1.165, 1.54) is 16.7 Å². The Morgan fingerprint density at radius 2 is 2.40 bits per heavy atom. The summed E-state index contributed by atoms with van der Waals surface area (Å²) in [6.45, 7) is 0.179. The summed E-state index contributed by atoms with van der Waals surface area (Å²) >= 11 is 1.29. The molecule has 0 saturated heterocycles. The number of aromatic nitrogens is 1. The minimum Gasteiger partial charge on any atom is -0.345 e. The van der Waals surface area contributed by atoms with Gasteiger partial charge in [0.2, 0.25) is 0 Å². The zero-order valence-electron chi connectivity index (χ0n) is 8.09. The molecule has 1 amide bonds. The maximum absolute atomic E-state index is 12.7. The number of rotatable bonds is 4. The van der Waals surface area contributed by atoms with Crippen LogP contribution in [0.2, 0.25) is 0 Å². The van der Waals surface area contributed by atoms with E-state index in [2.05, 4.69) is 10.3 Å². The second kappa shape index (κ2) is 4.63. The minimum atomic E-state index is -3.07. The molecule has 0 aromatic carbocycles. The molecular weight excluding hydrogens is 224 g/mol. The number of thiazole rings is 1. The molecule has 1 aromatic heterocycles. The van der Waals surface area contributed by atoms with Gasteiger partial charge < -0.3 is 11.1 Å². The fourth-order valence-corrected chi connectivity index (χ4v) is 1.43. The van der Waals surface area contributed by atoms with Gasteiger partial charge in [0.05, 0.1) is 18.1 Å². The average molecular weight is 235 g/mol. The average Bonchev–Trinajstić information content (AvgIpc) is 2.61. The van der Waals surface area contributed by atoms with Crippen molar-refractivity contribution in [3.05, 3.63) is 16.1 Å². The summed E-state index contributed by atoms with van der Waals surface area (Å²) in [4.78, 5) is 15.1. The van der Waals surface area contributed by atoms with Crippen molar-refractivity contribution >= 4 is 17.2 Å². The molecular formula is C8H11F2N3OS. The third-order valence-electron chi connectivity index (χ3n) is 1.66. The maximum Gasteiger partial charge on any atom is 0.277 e. The summed E-state index contributed by atoms with van der Waals surface area (Å²) in [7, 11) is 0. The highest BCUT2D eigenvalue weighted by Gasteiger charge is 2.27. The normalized spacial score (nSPS) is 11.5. The van der Waals surface area contributed by atoms with E-state index in [1.54, 1.807) is 6.92 Å². The van der Waals surface area contributed by atoms with E-state index in [4.69, 9.17) is 5.73 Å². The number of hydrogen-bond acceptors (Lipinski definition) is 4. The molecule has 0 atom stereocenters. The van der Waals surface area contributed by atoms with Gasteiger partial charge in [-0.15, -0.1) is 11.3 Å². The van der Waals surface area contributed by atoms with Crippen LogP contribution in [0.25, 0.3) is 0 Å². The van der Waals surface area contributed by atoms with Gasteiger partial charge in [-0.1, -0.05) is 0 Å². The van der Waals surface area contributed by atoms with Gasteiger partial charge in [0.15, 0.2) is 0 Å². The molecule has 0 aliphatic rings. The van der Waals surface area contributed by atoms with Crippen LogP contribution < -0.4 is 11.1 Å². The van der Waals surface area contributed by atoms with E-state index in [1.807, 2.05) is 0 Å². The highest BCUT2D eigenvalue weighted by atomic mass is 32.1. The topological polar surface area (TPSA) is 68.0 Å². The molecule has 1 heterocycles. The Morgan fingerprint density at radius 3 is 2.87 bits per heavy atom. The minimum absolute atomic E-state index is 0.158. The molecule has 0 saturated carbocycles. The Kier molecular flexibility index (Phi) is 3.70. The number of nitrogens with zero attached hydrogens (tertiary/aromatic N) is 1. The first-order chi connectivity index (χ1) is 6.94. The van der Waals surface area contributed by atoms with E-state index >= 15 is 0 Å². The monoisotopic (exact) mass is 235 g/mol. The number of halogens is 2. The zero-order valence-corrected chi connectivity index (χ0v) is 8.91. The predicted octanol–water partition coefficient (Wildman–Crippen LogP) is 0.775. The third-order valence-corrected chi connectivity index (χ3v) is 2.43. The van der Waals surface area contributed by atoms with Crippen LogP contribution in [-0.2, 0) is 0 Å². The fourth-order valence-electron chi connectivity index (χ4n) is 0.840. The van der Waals surface area contributed by atoms with Crippen molar-refractivity contribution in [1.82, 2.24) is 10.3 Å². The first kappa shape index (κ1) is 12.0. The summed E-state index contributed by atoms with van der Waals surface area (Å²) in [5.74, 6) is -3.67. The second-order valence-corrected chi connectivity index (χ2v) is 4.06. The van der Waals surface area contributed by atoms with Crippen LogP contribution in [0.5, 0.6) is 0 Å². The summed E-state index contributed by atoms with van der Waals surface area (Å²) < 4.78 is 25.4. The number of carbonyl (C=O) groups excluding carboxylic acids is 1. The molecule has 7 heteroatoms. The SMILES string of the molecule is Cc1nc(C(=O)NCC(F)(F)CN)cs1. The smallest absolute Gasteiger partial charge is 0.277 e. The summed E-state index contributed by atoms with van der Waals surface area (Å²) in [5.41, 5.74) is 4.98. The van der Waals surface area contributed by atoms with Gasteiger partial charge in [-0.3, -0.25) is 4.79 Å². The number of amides is 1. The zero-order chi connectivity index (χ0) is 11.5. The first-order valence-corrected chi connectivity index (χ1v) is 5.11. The maximum atomic E-state index is 12.7. The van der Waals surface area contributed by atoms with Crippen LogP contribution in [0, 0.1) is 6.92 Å². The molecule has 0 aliphatic carbocycles. The second-order valence-electron chi connectivity index (χ2n) is 2.99. The van der Waals surface area contributed by atoms with Crippen molar-refractivity contribution in [2.24, 2.45) is 5.73 Å². The number of aryl methyl sites for hydroxylation is 1. The highest BCUT2D eigenvalue weighted by molar-refractivity contribution is 7.09. The standard InChI is InChI=1S/C8H11F2N3OS/c1-5-13-6(2-15-5)7(14)12-4-8(9,10)3-11/h2H,3-4,11H2,1H3,(H,12,14). The Labute approximate surface area is 89.5 Å². The molecule has 0 radical (unpaired) electrons. The Hall–Kier alpha value is -1.08. The summed E-state index contributed by atoms with van der Waals surface area (Å²) in [5, 5.41) is 4.31. The molecule has 0 unspecified atom stereocenters. The lowest BCUT2D eigenvalue weighted by Gasteiger charge is -2.13. The molecule has 0 aliphatic heterocycles. The molecule has 0 spiro atoms. The predicted molar refractivity (Wildman–Crippen MR) is 53.2 cm³/mol.